The summed E-state index contributed by atoms with van der Waals surface area (Å²) in [5.41, 5.74) is 5.34. The van der Waals surface area contributed by atoms with Crippen LogP contribution >= 0.6 is 27.5 Å². The molecular formula is C17H17BrClN. The molecule has 0 spiro atoms. The van der Waals surface area contributed by atoms with Crippen LogP contribution in [0.3, 0.4) is 0 Å². The van der Waals surface area contributed by atoms with Crippen molar-refractivity contribution in [1.82, 2.24) is 0 Å². The Labute approximate surface area is 133 Å². The summed E-state index contributed by atoms with van der Waals surface area (Å²) in [6.45, 7) is 2.07. The normalized spacial score (nSPS) is 14.8. The van der Waals surface area contributed by atoms with Gasteiger partial charge in [0.15, 0.2) is 0 Å². The van der Waals surface area contributed by atoms with Gasteiger partial charge in [0, 0.05) is 23.4 Å². The van der Waals surface area contributed by atoms with Gasteiger partial charge < -0.3 is 4.90 Å². The fraction of sp³-hybridized carbons (Fsp3) is 0.294. The number of rotatable bonds is 2. The summed E-state index contributed by atoms with van der Waals surface area (Å²) in [5, 5.41) is 0. The molecular weight excluding hydrogens is 334 g/mol. The van der Waals surface area contributed by atoms with Gasteiger partial charge in [-0.2, -0.15) is 0 Å². The number of halogens is 2. The molecule has 0 aliphatic carbocycles. The van der Waals surface area contributed by atoms with E-state index in [0.717, 1.165) is 23.1 Å². The standard InChI is InChI=1S/C17H17BrClN/c18-16-10-13(11-19)7-8-17(16)20-9-3-6-14-4-1-2-5-15(14)12-20/h1-2,4-5,7-8,10H,3,6,9,11-12H2. The van der Waals surface area contributed by atoms with Crippen molar-refractivity contribution in [3.05, 3.63) is 63.6 Å². The molecule has 1 aliphatic rings. The van der Waals surface area contributed by atoms with Gasteiger partial charge in [-0.15, -0.1) is 11.6 Å². The summed E-state index contributed by atoms with van der Waals surface area (Å²) in [5.74, 6) is 0.557. The van der Waals surface area contributed by atoms with E-state index in [9.17, 15) is 0 Å². The number of aryl methyl sites for hydroxylation is 1. The third-order valence-corrected chi connectivity index (χ3v) is 4.80. The molecule has 20 heavy (non-hydrogen) atoms. The molecule has 0 radical (unpaired) electrons. The maximum Gasteiger partial charge on any atom is 0.0513 e. The third-order valence-electron chi connectivity index (χ3n) is 3.86. The van der Waals surface area contributed by atoms with Gasteiger partial charge in [0.05, 0.1) is 5.69 Å². The molecule has 1 heterocycles. The van der Waals surface area contributed by atoms with Crippen molar-refractivity contribution in [3.8, 4) is 0 Å². The first-order valence-electron chi connectivity index (χ1n) is 6.94. The van der Waals surface area contributed by atoms with Crippen molar-refractivity contribution >= 4 is 33.2 Å². The Morgan fingerprint density at radius 1 is 1.10 bits per heavy atom. The molecule has 2 aromatic carbocycles. The summed E-state index contributed by atoms with van der Waals surface area (Å²) in [4.78, 5) is 2.45. The second kappa shape index (κ2) is 6.19. The molecule has 104 valence electrons. The van der Waals surface area contributed by atoms with Gasteiger partial charge in [0.25, 0.3) is 0 Å². The summed E-state index contributed by atoms with van der Waals surface area (Å²) >= 11 is 9.58. The number of fused-ring (bicyclic) bond motifs is 1. The lowest BCUT2D eigenvalue weighted by molar-refractivity contribution is 0.764. The van der Waals surface area contributed by atoms with Gasteiger partial charge in [-0.3, -0.25) is 0 Å². The molecule has 0 saturated heterocycles. The second-order valence-electron chi connectivity index (χ2n) is 5.21. The van der Waals surface area contributed by atoms with Crippen LogP contribution in [-0.2, 0) is 18.8 Å². The Morgan fingerprint density at radius 3 is 2.65 bits per heavy atom. The molecule has 0 atom stereocenters. The van der Waals surface area contributed by atoms with Gasteiger partial charge >= 0.3 is 0 Å². The van der Waals surface area contributed by atoms with E-state index in [4.69, 9.17) is 11.6 Å². The van der Waals surface area contributed by atoms with Crippen LogP contribution in [0.2, 0.25) is 0 Å². The van der Waals surface area contributed by atoms with Crippen molar-refractivity contribution in [2.75, 3.05) is 11.4 Å². The Hall–Kier alpha value is -0.990. The van der Waals surface area contributed by atoms with Gasteiger partial charge in [-0.05, 0) is 57.6 Å². The molecule has 2 aromatic rings. The largest absolute Gasteiger partial charge is 0.366 e. The monoisotopic (exact) mass is 349 g/mol. The SMILES string of the molecule is ClCc1ccc(N2CCCc3ccccc3C2)c(Br)c1. The zero-order valence-corrected chi connectivity index (χ0v) is 13.6. The molecule has 1 nitrogen and oxygen atoms in total. The van der Waals surface area contributed by atoms with Crippen LogP contribution in [0.25, 0.3) is 0 Å². The second-order valence-corrected chi connectivity index (χ2v) is 6.33. The first-order valence-corrected chi connectivity index (χ1v) is 8.27. The highest BCUT2D eigenvalue weighted by Crippen LogP contribution is 2.31. The Kier molecular flexibility index (Phi) is 4.32. The average Bonchev–Trinajstić information content (AvgIpc) is 2.69. The molecule has 0 aromatic heterocycles. The van der Waals surface area contributed by atoms with Crippen molar-refractivity contribution in [2.24, 2.45) is 0 Å². The highest BCUT2D eigenvalue weighted by molar-refractivity contribution is 9.10. The van der Waals surface area contributed by atoms with Crippen molar-refractivity contribution in [3.63, 3.8) is 0 Å². The first-order chi connectivity index (χ1) is 9.78. The quantitative estimate of drug-likeness (QED) is 0.678. The minimum absolute atomic E-state index is 0.557. The first kappa shape index (κ1) is 14.0. The predicted molar refractivity (Wildman–Crippen MR) is 89.5 cm³/mol. The van der Waals surface area contributed by atoms with Crippen molar-refractivity contribution in [1.29, 1.82) is 0 Å². The smallest absolute Gasteiger partial charge is 0.0513 e. The van der Waals surface area contributed by atoms with E-state index in [-0.39, 0.29) is 0 Å². The zero-order chi connectivity index (χ0) is 13.9. The third kappa shape index (κ3) is 2.87. The minimum atomic E-state index is 0.557. The molecule has 3 rings (SSSR count). The van der Waals surface area contributed by atoms with Gasteiger partial charge in [-0.1, -0.05) is 30.3 Å². The lowest BCUT2D eigenvalue weighted by atomic mass is 10.0. The molecule has 0 amide bonds. The number of benzene rings is 2. The van der Waals surface area contributed by atoms with E-state index < -0.39 is 0 Å². The topological polar surface area (TPSA) is 3.24 Å². The Morgan fingerprint density at radius 2 is 1.90 bits per heavy atom. The summed E-state index contributed by atoms with van der Waals surface area (Å²) in [6, 6.07) is 15.2. The van der Waals surface area contributed by atoms with Crippen LogP contribution in [0.4, 0.5) is 5.69 Å². The average molecular weight is 351 g/mol. The van der Waals surface area contributed by atoms with Crippen LogP contribution in [0, 0.1) is 0 Å². The van der Waals surface area contributed by atoms with Gasteiger partial charge in [-0.25, -0.2) is 0 Å². The number of anilines is 1. The van der Waals surface area contributed by atoms with Crippen LogP contribution in [0.15, 0.2) is 46.9 Å². The van der Waals surface area contributed by atoms with E-state index in [2.05, 4.69) is 63.3 Å². The van der Waals surface area contributed by atoms with E-state index in [1.807, 2.05) is 0 Å². The van der Waals surface area contributed by atoms with E-state index in [1.54, 1.807) is 0 Å². The van der Waals surface area contributed by atoms with Crippen LogP contribution in [-0.4, -0.2) is 6.54 Å². The van der Waals surface area contributed by atoms with Crippen LogP contribution < -0.4 is 4.90 Å². The Balaban J connectivity index is 1.91. The highest BCUT2D eigenvalue weighted by Gasteiger charge is 2.16. The number of hydrogen-bond acceptors (Lipinski definition) is 1. The Bertz CT molecular complexity index is 612. The number of hydrogen-bond donors (Lipinski definition) is 0. The molecule has 0 fully saturated rings. The fourth-order valence-corrected chi connectivity index (χ4v) is 3.64. The van der Waals surface area contributed by atoms with E-state index >= 15 is 0 Å². The van der Waals surface area contributed by atoms with Gasteiger partial charge in [0.2, 0.25) is 0 Å². The lowest BCUT2D eigenvalue weighted by Crippen LogP contribution is -2.22. The van der Waals surface area contributed by atoms with E-state index in [1.165, 1.54) is 29.7 Å². The van der Waals surface area contributed by atoms with E-state index in [0.29, 0.717) is 5.88 Å². The molecule has 0 unspecified atom stereocenters. The van der Waals surface area contributed by atoms with Crippen LogP contribution in [0.5, 0.6) is 0 Å². The lowest BCUT2D eigenvalue weighted by Gasteiger charge is -2.24. The zero-order valence-electron chi connectivity index (χ0n) is 11.3. The molecule has 0 bridgehead atoms. The minimum Gasteiger partial charge on any atom is -0.366 e. The number of alkyl halides is 1. The highest BCUT2D eigenvalue weighted by atomic mass is 79.9. The maximum atomic E-state index is 5.90. The maximum absolute atomic E-state index is 5.90. The summed E-state index contributed by atoms with van der Waals surface area (Å²) in [7, 11) is 0. The summed E-state index contributed by atoms with van der Waals surface area (Å²) in [6.07, 6.45) is 2.37. The summed E-state index contributed by atoms with van der Waals surface area (Å²) < 4.78 is 1.13. The van der Waals surface area contributed by atoms with Gasteiger partial charge in [0.1, 0.15) is 0 Å². The molecule has 1 aliphatic heterocycles. The predicted octanol–water partition coefficient (Wildman–Crippen LogP) is 5.14. The van der Waals surface area contributed by atoms with Crippen molar-refractivity contribution < 1.29 is 0 Å². The molecule has 0 N–H and O–H groups in total. The molecule has 3 heteroatoms. The fourth-order valence-electron chi connectivity index (χ4n) is 2.80. The van der Waals surface area contributed by atoms with Crippen molar-refractivity contribution in [2.45, 2.75) is 25.3 Å². The number of nitrogens with zero attached hydrogens (tertiary/aromatic N) is 1. The van der Waals surface area contributed by atoms with Crippen LogP contribution in [0.1, 0.15) is 23.1 Å². The molecule has 0 saturated carbocycles.